The highest BCUT2D eigenvalue weighted by molar-refractivity contribution is 7.53. The molecular formula is C11H13F3NO4P. The van der Waals surface area contributed by atoms with Crippen molar-refractivity contribution in [1.29, 1.82) is 5.26 Å². The predicted molar refractivity (Wildman–Crippen MR) is 63.0 cm³/mol. The Kier molecular flexibility index (Phi) is 5.40. The Morgan fingerprint density at radius 3 is 2.30 bits per heavy atom. The Hall–Kier alpha value is -1.29. The van der Waals surface area contributed by atoms with Crippen molar-refractivity contribution in [1.82, 2.24) is 0 Å². The van der Waals surface area contributed by atoms with Crippen molar-refractivity contribution in [3.63, 3.8) is 0 Å². The molecule has 112 valence electrons. The minimum atomic E-state index is -4.78. The van der Waals surface area contributed by atoms with E-state index < -0.39 is 36.8 Å². The summed E-state index contributed by atoms with van der Waals surface area (Å²) in [6.45, 7) is 3.12. The molecule has 0 amide bonds. The normalized spacial score (nSPS) is 12.4. The van der Waals surface area contributed by atoms with Crippen LogP contribution in [0.15, 0.2) is 10.7 Å². The summed E-state index contributed by atoms with van der Waals surface area (Å²) in [5.41, 5.74) is -1.90. The van der Waals surface area contributed by atoms with Crippen LogP contribution in [0.5, 0.6) is 0 Å². The number of nitriles is 1. The van der Waals surface area contributed by atoms with E-state index in [0.29, 0.717) is 6.26 Å². The molecule has 0 unspecified atom stereocenters. The molecule has 1 aromatic heterocycles. The van der Waals surface area contributed by atoms with Crippen LogP contribution >= 0.6 is 7.60 Å². The maximum Gasteiger partial charge on any atom is 0.421 e. The minimum Gasteiger partial charge on any atom is -0.467 e. The lowest BCUT2D eigenvalue weighted by atomic mass is 10.1. The maximum absolute atomic E-state index is 12.9. The molecule has 0 spiro atoms. The second-order valence-corrected chi connectivity index (χ2v) is 5.72. The summed E-state index contributed by atoms with van der Waals surface area (Å²) in [7, 11) is -3.74. The molecule has 0 aliphatic carbocycles. The van der Waals surface area contributed by atoms with Gasteiger partial charge in [0.2, 0.25) is 0 Å². The first-order valence-corrected chi connectivity index (χ1v) is 7.46. The Morgan fingerprint density at radius 1 is 1.35 bits per heavy atom. The van der Waals surface area contributed by atoms with Gasteiger partial charge in [-0.15, -0.1) is 0 Å². The lowest BCUT2D eigenvalue weighted by Crippen LogP contribution is -2.10. The summed E-state index contributed by atoms with van der Waals surface area (Å²) in [5.74, 6) is -0.626. The highest BCUT2D eigenvalue weighted by atomic mass is 31.2. The molecule has 0 radical (unpaired) electrons. The molecule has 0 saturated carbocycles. The lowest BCUT2D eigenvalue weighted by molar-refractivity contribution is -0.138. The fourth-order valence-corrected chi connectivity index (χ4v) is 3.23. The quantitative estimate of drug-likeness (QED) is 0.744. The van der Waals surface area contributed by atoms with Crippen LogP contribution in [0.3, 0.4) is 0 Å². The zero-order valence-electron chi connectivity index (χ0n) is 10.9. The molecule has 0 aliphatic rings. The van der Waals surface area contributed by atoms with Crippen LogP contribution in [0.25, 0.3) is 0 Å². The van der Waals surface area contributed by atoms with Crippen molar-refractivity contribution in [3.8, 4) is 6.07 Å². The average Bonchev–Trinajstić information content (AvgIpc) is 2.71. The van der Waals surface area contributed by atoms with E-state index in [1.807, 2.05) is 0 Å². The lowest BCUT2D eigenvalue weighted by Gasteiger charge is -2.16. The summed E-state index contributed by atoms with van der Waals surface area (Å²) in [5, 5.41) is 8.66. The first-order valence-electron chi connectivity index (χ1n) is 5.73. The number of hydrogen-bond acceptors (Lipinski definition) is 5. The smallest absolute Gasteiger partial charge is 0.421 e. The summed E-state index contributed by atoms with van der Waals surface area (Å²) in [6, 6.07) is 1.39. The number of rotatable bonds is 6. The van der Waals surface area contributed by atoms with Crippen LogP contribution in [-0.4, -0.2) is 13.2 Å². The Morgan fingerprint density at radius 2 is 1.90 bits per heavy atom. The van der Waals surface area contributed by atoms with E-state index >= 15 is 0 Å². The summed E-state index contributed by atoms with van der Waals surface area (Å²) in [6.07, 6.45) is -4.78. The van der Waals surface area contributed by atoms with Crippen molar-refractivity contribution in [2.75, 3.05) is 13.2 Å². The van der Waals surface area contributed by atoms with E-state index in [-0.39, 0.29) is 13.2 Å². The van der Waals surface area contributed by atoms with E-state index in [4.69, 9.17) is 18.7 Å². The van der Waals surface area contributed by atoms with Gasteiger partial charge in [0.05, 0.1) is 13.2 Å². The van der Waals surface area contributed by atoms with Gasteiger partial charge in [0.15, 0.2) is 0 Å². The number of halogens is 3. The highest BCUT2D eigenvalue weighted by Gasteiger charge is 2.41. The molecule has 0 aliphatic heterocycles. The van der Waals surface area contributed by atoms with E-state index in [1.165, 1.54) is 6.07 Å². The monoisotopic (exact) mass is 311 g/mol. The SMILES string of the molecule is CCOP(=O)(Cc1occ(C#N)c1C(F)(F)F)OCC. The molecule has 9 heteroatoms. The van der Waals surface area contributed by atoms with Gasteiger partial charge in [0, 0.05) is 0 Å². The Labute approximate surface area is 113 Å². The summed E-state index contributed by atoms with van der Waals surface area (Å²) < 4.78 is 65.4. The standard InChI is InChI=1S/C11H13F3NO4P/c1-3-18-20(16,19-4-2)7-9-10(11(12,13)14)8(5-15)6-17-9/h6H,3-4,7H2,1-2H3. The molecule has 0 bridgehead atoms. The fourth-order valence-electron chi connectivity index (χ4n) is 1.61. The Balaban J connectivity index is 3.18. The third kappa shape index (κ3) is 3.85. The number of nitrogens with zero attached hydrogens (tertiary/aromatic N) is 1. The molecule has 1 rings (SSSR count). The van der Waals surface area contributed by atoms with Crippen molar-refractivity contribution < 1.29 is 31.2 Å². The van der Waals surface area contributed by atoms with Gasteiger partial charge < -0.3 is 13.5 Å². The molecule has 0 saturated heterocycles. The van der Waals surface area contributed by atoms with Crippen molar-refractivity contribution in [2.24, 2.45) is 0 Å². The van der Waals surface area contributed by atoms with Gasteiger partial charge >= 0.3 is 13.8 Å². The minimum absolute atomic E-state index is 0.0183. The van der Waals surface area contributed by atoms with Gasteiger partial charge in [0.25, 0.3) is 0 Å². The van der Waals surface area contributed by atoms with Gasteiger partial charge in [-0.05, 0) is 13.8 Å². The van der Waals surface area contributed by atoms with Crippen LogP contribution in [-0.2, 0) is 26.0 Å². The molecule has 5 nitrogen and oxygen atoms in total. The fraction of sp³-hybridized carbons (Fsp3) is 0.545. The zero-order chi connectivity index (χ0) is 15.4. The van der Waals surface area contributed by atoms with Crippen LogP contribution < -0.4 is 0 Å². The molecule has 20 heavy (non-hydrogen) atoms. The van der Waals surface area contributed by atoms with Crippen molar-refractivity contribution >= 4 is 7.60 Å². The van der Waals surface area contributed by atoms with Crippen LogP contribution in [0.1, 0.15) is 30.7 Å². The van der Waals surface area contributed by atoms with Gasteiger partial charge in [-0.25, -0.2) is 0 Å². The van der Waals surface area contributed by atoms with E-state index in [9.17, 15) is 17.7 Å². The van der Waals surface area contributed by atoms with Crippen LogP contribution in [0.2, 0.25) is 0 Å². The Bertz CT molecular complexity index is 537. The third-order valence-electron chi connectivity index (χ3n) is 2.26. The van der Waals surface area contributed by atoms with Gasteiger partial charge in [-0.1, -0.05) is 0 Å². The topological polar surface area (TPSA) is 72.5 Å². The predicted octanol–water partition coefficient (Wildman–Crippen LogP) is 3.94. The third-order valence-corrected chi connectivity index (χ3v) is 4.24. The molecule has 0 fully saturated rings. The molecule has 0 N–H and O–H groups in total. The average molecular weight is 311 g/mol. The maximum atomic E-state index is 12.9. The highest BCUT2D eigenvalue weighted by Crippen LogP contribution is 2.53. The first-order chi connectivity index (χ1) is 9.27. The second kappa shape index (κ2) is 6.44. The largest absolute Gasteiger partial charge is 0.467 e. The van der Waals surface area contributed by atoms with Gasteiger partial charge in [-0.3, -0.25) is 4.57 Å². The van der Waals surface area contributed by atoms with E-state index in [2.05, 4.69) is 0 Å². The molecule has 0 aromatic carbocycles. The number of furan rings is 1. The molecule has 1 heterocycles. The zero-order valence-corrected chi connectivity index (χ0v) is 11.8. The summed E-state index contributed by atoms with van der Waals surface area (Å²) in [4.78, 5) is 0. The number of hydrogen-bond donors (Lipinski definition) is 0. The van der Waals surface area contributed by atoms with E-state index in [1.54, 1.807) is 13.8 Å². The molecule has 1 aromatic rings. The second-order valence-electron chi connectivity index (χ2n) is 3.66. The summed E-state index contributed by atoms with van der Waals surface area (Å²) >= 11 is 0. The van der Waals surface area contributed by atoms with Crippen LogP contribution in [0, 0.1) is 11.3 Å². The van der Waals surface area contributed by atoms with E-state index in [0.717, 1.165) is 0 Å². The molecular weight excluding hydrogens is 298 g/mol. The first kappa shape index (κ1) is 16.8. The number of alkyl halides is 3. The van der Waals surface area contributed by atoms with Crippen LogP contribution in [0.4, 0.5) is 13.2 Å². The van der Waals surface area contributed by atoms with Gasteiger partial charge in [0.1, 0.15) is 35.4 Å². The van der Waals surface area contributed by atoms with Crippen molar-refractivity contribution in [3.05, 3.63) is 23.2 Å². The van der Waals surface area contributed by atoms with Gasteiger partial charge in [-0.2, -0.15) is 18.4 Å². The molecule has 0 atom stereocenters. The van der Waals surface area contributed by atoms with Crippen molar-refractivity contribution in [2.45, 2.75) is 26.2 Å².